The molecule has 0 saturated heterocycles. The largest absolute Gasteiger partial charge is 0.382 e. The van der Waals surface area contributed by atoms with E-state index in [1.54, 1.807) is 14.2 Å². The van der Waals surface area contributed by atoms with Crippen LogP contribution in [-0.4, -0.2) is 54.3 Å². The average molecular weight is 275 g/mol. The molecule has 0 fully saturated rings. The van der Waals surface area contributed by atoms with E-state index in [0.717, 1.165) is 0 Å². The lowest BCUT2D eigenvalue weighted by Gasteiger charge is -2.14. The van der Waals surface area contributed by atoms with E-state index < -0.39 is 9.05 Å². The van der Waals surface area contributed by atoms with Crippen molar-refractivity contribution in [1.82, 2.24) is 0 Å². The predicted molar refractivity (Wildman–Crippen MR) is 62.4 cm³/mol. The first-order chi connectivity index (χ1) is 7.49. The SMILES string of the molecule is COCC(COCCCCS(=O)(=O)Cl)OC. The van der Waals surface area contributed by atoms with Crippen molar-refractivity contribution in [2.24, 2.45) is 0 Å². The number of unbranched alkanes of at least 4 members (excludes halogenated alkanes) is 1. The Labute approximate surface area is 101 Å². The highest BCUT2D eigenvalue weighted by molar-refractivity contribution is 8.13. The average Bonchev–Trinajstić information content (AvgIpc) is 2.20. The van der Waals surface area contributed by atoms with Gasteiger partial charge < -0.3 is 14.2 Å². The van der Waals surface area contributed by atoms with Crippen LogP contribution in [-0.2, 0) is 23.3 Å². The lowest BCUT2D eigenvalue weighted by molar-refractivity contribution is -0.0306. The van der Waals surface area contributed by atoms with E-state index in [1.807, 2.05) is 0 Å². The molecule has 0 aromatic rings. The molecule has 0 rings (SSSR count). The Balaban J connectivity index is 3.38. The van der Waals surface area contributed by atoms with E-state index in [0.29, 0.717) is 32.7 Å². The summed E-state index contributed by atoms with van der Waals surface area (Å²) in [6.45, 7) is 1.42. The maximum absolute atomic E-state index is 10.6. The fraction of sp³-hybridized carbons (Fsp3) is 1.00. The van der Waals surface area contributed by atoms with Crippen molar-refractivity contribution < 1.29 is 22.6 Å². The first kappa shape index (κ1) is 16.1. The van der Waals surface area contributed by atoms with E-state index in [2.05, 4.69) is 0 Å². The number of hydrogen-bond donors (Lipinski definition) is 0. The second kappa shape index (κ2) is 9.18. The summed E-state index contributed by atoms with van der Waals surface area (Å²) in [5.41, 5.74) is 0. The molecule has 0 aliphatic heterocycles. The summed E-state index contributed by atoms with van der Waals surface area (Å²) in [5.74, 6) is -0.0102. The minimum absolute atomic E-state index is 0.0102. The third kappa shape index (κ3) is 10.6. The van der Waals surface area contributed by atoms with Crippen LogP contribution in [0.15, 0.2) is 0 Å². The summed E-state index contributed by atoms with van der Waals surface area (Å²) >= 11 is 0. The van der Waals surface area contributed by atoms with Crippen LogP contribution in [0, 0.1) is 0 Å². The molecule has 0 aliphatic rings. The minimum Gasteiger partial charge on any atom is -0.382 e. The van der Waals surface area contributed by atoms with E-state index in [9.17, 15) is 8.42 Å². The molecule has 0 spiro atoms. The number of hydrogen-bond acceptors (Lipinski definition) is 5. The van der Waals surface area contributed by atoms with Crippen molar-refractivity contribution >= 4 is 19.7 Å². The zero-order valence-electron chi connectivity index (χ0n) is 9.65. The molecule has 98 valence electrons. The molecule has 0 heterocycles. The van der Waals surface area contributed by atoms with Gasteiger partial charge in [-0.25, -0.2) is 8.42 Å². The van der Waals surface area contributed by atoms with Crippen molar-refractivity contribution in [3.63, 3.8) is 0 Å². The first-order valence-corrected chi connectivity index (χ1v) is 7.49. The number of methoxy groups -OCH3 is 2. The minimum atomic E-state index is -3.37. The van der Waals surface area contributed by atoms with Crippen LogP contribution in [0.3, 0.4) is 0 Å². The summed E-state index contributed by atoms with van der Waals surface area (Å²) in [6.07, 6.45) is 1.09. The molecule has 0 aliphatic carbocycles. The molecule has 0 aromatic heterocycles. The van der Waals surface area contributed by atoms with E-state index >= 15 is 0 Å². The summed E-state index contributed by atoms with van der Waals surface area (Å²) in [5, 5.41) is 0. The monoisotopic (exact) mass is 274 g/mol. The smallest absolute Gasteiger partial charge is 0.232 e. The van der Waals surface area contributed by atoms with Gasteiger partial charge in [0.1, 0.15) is 6.10 Å². The predicted octanol–water partition coefficient (Wildman–Crippen LogP) is 1.01. The van der Waals surface area contributed by atoms with E-state index in [1.165, 1.54) is 0 Å². The lowest BCUT2D eigenvalue weighted by Crippen LogP contribution is -2.23. The van der Waals surface area contributed by atoms with Gasteiger partial charge in [-0.3, -0.25) is 0 Å². The molecule has 16 heavy (non-hydrogen) atoms. The quantitative estimate of drug-likeness (QED) is 0.440. The Hall–Kier alpha value is 0.120. The molecule has 0 radical (unpaired) electrons. The summed E-state index contributed by atoms with van der Waals surface area (Å²) < 4.78 is 36.5. The van der Waals surface area contributed by atoms with Crippen molar-refractivity contribution in [2.75, 3.05) is 39.8 Å². The van der Waals surface area contributed by atoms with Gasteiger partial charge in [0.15, 0.2) is 0 Å². The molecule has 1 atom stereocenters. The molecular formula is C9H19ClO5S. The van der Waals surface area contributed by atoms with Crippen LogP contribution in [0.1, 0.15) is 12.8 Å². The third-order valence-electron chi connectivity index (χ3n) is 1.92. The molecule has 0 saturated carbocycles. The molecule has 7 heteroatoms. The topological polar surface area (TPSA) is 61.8 Å². The first-order valence-electron chi connectivity index (χ1n) is 5.01. The van der Waals surface area contributed by atoms with Gasteiger partial charge in [0.25, 0.3) is 0 Å². The van der Waals surface area contributed by atoms with Crippen molar-refractivity contribution in [1.29, 1.82) is 0 Å². The van der Waals surface area contributed by atoms with Crippen molar-refractivity contribution in [3.8, 4) is 0 Å². The third-order valence-corrected chi connectivity index (χ3v) is 3.16. The lowest BCUT2D eigenvalue weighted by atomic mass is 10.3. The molecular weight excluding hydrogens is 256 g/mol. The molecule has 0 aromatic carbocycles. The van der Waals surface area contributed by atoms with Gasteiger partial charge in [-0.05, 0) is 12.8 Å². The zero-order chi connectivity index (χ0) is 12.4. The number of halogens is 1. The second-order valence-corrected chi connectivity index (χ2v) is 6.23. The van der Waals surface area contributed by atoms with Gasteiger partial charge in [-0.2, -0.15) is 0 Å². The highest BCUT2D eigenvalue weighted by Crippen LogP contribution is 2.02. The molecule has 0 amide bonds. The fourth-order valence-corrected chi connectivity index (χ4v) is 1.94. The van der Waals surface area contributed by atoms with E-state index in [-0.39, 0.29) is 11.9 Å². The van der Waals surface area contributed by atoms with Gasteiger partial charge in [0.2, 0.25) is 9.05 Å². The standard InChI is InChI=1S/C9H19ClO5S/c1-13-7-9(14-2)8-15-5-3-4-6-16(10,11)12/h9H,3-8H2,1-2H3. The van der Waals surface area contributed by atoms with Crippen LogP contribution in [0.25, 0.3) is 0 Å². The number of ether oxygens (including phenoxy) is 3. The Morgan fingerprint density at radius 2 is 1.88 bits per heavy atom. The van der Waals surface area contributed by atoms with Crippen LogP contribution in [0.4, 0.5) is 0 Å². The van der Waals surface area contributed by atoms with Gasteiger partial charge in [-0.15, -0.1) is 0 Å². The van der Waals surface area contributed by atoms with Gasteiger partial charge in [-0.1, -0.05) is 0 Å². The normalized spacial score (nSPS) is 13.9. The fourth-order valence-electron chi connectivity index (χ4n) is 1.06. The Morgan fingerprint density at radius 3 is 2.38 bits per heavy atom. The van der Waals surface area contributed by atoms with Crippen LogP contribution < -0.4 is 0 Å². The Morgan fingerprint density at radius 1 is 1.19 bits per heavy atom. The summed E-state index contributed by atoms with van der Waals surface area (Å²) in [6, 6.07) is 0. The van der Waals surface area contributed by atoms with Crippen molar-refractivity contribution in [2.45, 2.75) is 18.9 Å². The van der Waals surface area contributed by atoms with Gasteiger partial charge in [0, 0.05) is 31.5 Å². The Kier molecular flexibility index (Phi) is 9.25. The summed E-state index contributed by atoms with van der Waals surface area (Å²) in [4.78, 5) is 0. The second-order valence-electron chi connectivity index (χ2n) is 3.34. The maximum atomic E-state index is 10.6. The molecule has 0 bridgehead atoms. The van der Waals surface area contributed by atoms with Gasteiger partial charge >= 0.3 is 0 Å². The molecule has 0 N–H and O–H groups in total. The number of rotatable bonds is 10. The van der Waals surface area contributed by atoms with Gasteiger partial charge in [0.05, 0.1) is 19.0 Å². The zero-order valence-corrected chi connectivity index (χ0v) is 11.2. The maximum Gasteiger partial charge on any atom is 0.232 e. The molecule has 5 nitrogen and oxygen atoms in total. The highest BCUT2D eigenvalue weighted by Gasteiger charge is 2.07. The van der Waals surface area contributed by atoms with Crippen molar-refractivity contribution in [3.05, 3.63) is 0 Å². The molecule has 1 unspecified atom stereocenters. The van der Waals surface area contributed by atoms with Crippen LogP contribution in [0.2, 0.25) is 0 Å². The van der Waals surface area contributed by atoms with E-state index in [4.69, 9.17) is 24.9 Å². The van der Waals surface area contributed by atoms with Crippen LogP contribution in [0.5, 0.6) is 0 Å². The Bertz CT molecular complexity index is 255. The summed E-state index contributed by atoms with van der Waals surface area (Å²) in [7, 11) is 4.87. The van der Waals surface area contributed by atoms with Crippen LogP contribution >= 0.6 is 10.7 Å². The highest BCUT2D eigenvalue weighted by atomic mass is 35.7.